The lowest BCUT2D eigenvalue weighted by Gasteiger charge is -2.16. The van der Waals surface area contributed by atoms with E-state index in [-0.39, 0.29) is 5.91 Å². The number of amides is 2. The van der Waals surface area contributed by atoms with Crippen LogP contribution in [-0.2, 0) is 6.54 Å². The Morgan fingerprint density at radius 3 is 2.63 bits per heavy atom. The number of fused-ring (bicyclic) bond motifs is 1. The summed E-state index contributed by atoms with van der Waals surface area (Å²) in [6.45, 7) is 2.40. The number of hydrogen-bond donors (Lipinski definition) is 3. The number of primary amides is 1. The van der Waals surface area contributed by atoms with E-state index < -0.39 is 5.91 Å². The molecule has 4 aromatic rings. The van der Waals surface area contributed by atoms with Crippen molar-refractivity contribution < 1.29 is 9.59 Å². The van der Waals surface area contributed by atoms with Crippen LogP contribution < -0.4 is 21.3 Å². The molecule has 0 unspecified atom stereocenters. The van der Waals surface area contributed by atoms with E-state index >= 15 is 0 Å². The number of nitrogens with one attached hydrogen (secondary N) is 2. The fourth-order valence-electron chi connectivity index (χ4n) is 4.25. The third-order valence-corrected chi connectivity index (χ3v) is 6.01. The summed E-state index contributed by atoms with van der Waals surface area (Å²) in [5.74, 6) is 0.715. The molecule has 176 valence electrons. The highest BCUT2D eigenvalue weighted by Gasteiger charge is 2.16. The molecule has 1 aliphatic heterocycles. The van der Waals surface area contributed by atoms with Crippen LogP contribution >= 0.6 is 0 Å². The van der Waals surface area contributed by atoms with E-state index in [1.165, 1.54) is 6.33 Å². The van der Waals surface area contributed by atoms with E-state index in [4.69, 9.17) is 5.73 Å². The molecule has 1 saturated heterocycles. The Morgan fingerprint density at radius 2 is 1.80 bits per heavy atom. The van der Waals surface area contributed by atoms with Crippen LogP contribution in [-0.4, -0.2) is 39.9 Å². The van der Waals surface area contributed by atoms with E-state index in [0.29, 0.717) is 40.1 Å². The SMILES string of the molecule is NC(=O)c1cccc2c(NCc3cccc(NC(=O)c4ccnc(N5CCCC5)c4)c3)ncnc12. The maximum Gasteiger partial charge on any atom is 0.255 e. The van der Waals surface area contributed by atoms with Crippen LogP contribution in [0.5, 0.6) is 0 Å². The van der Waals surface area contributed by atoms with Gasteiger partial charge in [0.1, 0.15) is 18.0 Å². The van der Waals surface area contributed by atoms with Crippen molar-refractivity contribution in [3.8, 4) is 0 Å². The van der Waals surface area contributed by atoms with Gasteiger partial charge in [0.05, 0.1) is 11.1 Å². The lowest BCUT2D eigenvalue weighted by Crippen LogP contribution is -2.20. The predicted molar refractivity (Wildman–Crippen MR) is 135 cm³/mol. The van der Waals surface area contributed by atoms with Gasteiger partial charge < -0.3 is 21.3 Å². The number of anilines is 3. The van der Waals surface area contributed by atoms with Crippen molar-refractivity contribution in [3.05, 3.63) is 83.8 Å². The van der Waals surface area contributed by atoms with Crippen molar-refractivity contribution >= 4 is 40.0 Å². The molecule has 0 bridgehead atoms. The molecule has 0 atom stereocenters. The Hall–Kier alpha value is -4.53. The molecule has 0 aliphatic carbocycles. The van der Waals surface area contributed by atoms with Crippen LogP contribution in [0.25, 0.3) is 10.9 Å². The molecule has 2 aromatic carbocycles. The fraction of sp³-hybridized carbons (Fsp3) is 0.192. The number of aromatic nitrogens is 3. The molecule has 1 fully saturated rings. The predicted octanol–water partition coefficient (Wildman–Crippen LogP) is 3.59. The van der Waals surface area contributed by atoms with Gasteiger partial charge >= 0.3 is 0 Å². The quantitative estimate of drug-likeness (QED) is 0.379. The molecule has 1 aliphatic rings. The number of nitrogens with zero attached hydrogens (tertiary/aromatic N) is 4. The van der Waals surface area contributed by atoms with Crippen molar-refractivity contribution in [1.82, 2.24) is 15.0 Å². The minimum Gasteiger partial charge on any atom is -0.366 e. The van der Waals surface area contributed by atoms with Gasteiger partial charge in [0.15, 0.2) is 0 Å². The van der Waals surface area contributed by atoms with E-state index in [2.05, 4.69) is 30.5 Å². The van der Waals surface area contributed by atoms with Crippen LogP contribution in [0.1, 0.15) is 39.1 Å². The van der Waals surface area contributed by atoms with Crippen LogP contribution in [0.15, 0.2) is 67.1 Å². The molecule has 0 saturated carbocycles. The summed E-state index contributed by atoms with van der Waals surface area (Å²) in [6.07, 6.45) is 5.38. The highest BCUT2D eigenvalue weighted by Crippen LogP contribution is 2.23. The molecule has 9 heteroatoms. The second kappa shape index (κ2) is 9.76. The van der Waals surface area contributed by atoms with Crippen molar-refractivity contribution in [2.75, 3.05) is 28.6 Å². The average Bonchev–Trinajstić information content (AvgIpc) is 3.42. The Bertz CT molecular complexity index is 1400. The van der Waals surface area contributed by atoms with Crippen molar-refractivity contribution in [3.63, 3.8) is 0 Å². The van der Waals surface area contributed by atoms with Gasteiger partial charge in [-0.15, -0.1) is 0 Å². The summed E-state index contributed by atoms with van der Waals surface area (Å²) in [4.78, 5) is 39.8. The topological polar surface area (TPSA) is 126 Å². The molecular weight excluding hydrogens is 442 g/mol. The normalized spacial score (nSPS) is 13.1. The van der Waals surface area contributed by atoms with E-state index in [9.17, 15) is 9.59 Å². The highest BCUT2D eigenvalue weighted by atomic mass is 16.2. The molecule has 4 N–H and O–H groups in total. The number of carbonyl (C=O) groups is 2. The van der Waals surface area contributed by atoms with Crippen LogP contribution in [0.3, 0.4) is 0 Å². The third kappa shape index (κ3) is 4.89. The minimum absolute atomic E-state index is 0.182. The lowest BCUT2D eigenvalue weighted by atomic mass is 10.1. The maximum atomic E-state index is 12.9. The summed E-state index contributed by atoms with van der Waals surface area (Å²) in [5.41, 5.74) is 8.54. The zero-order valence-corrected chi connectivity index (χ0v) is 19.1. The molecule has 0 spiro atoms. The second-order valence-electron chi connectivity index (χ2n) is 8.39. The standard InChI is InChI=1S/C26H25N7O2/c27-24(34)20-7-4-8-21-23(20)30-16-31-25(21)29-15-17-5-3-6-19(13-17)32-26(35)18-9-10-28-22(14-18)33-11-1-2-12-33/h3-10,13-14,16H,1-2,11-12,15H2,(H2,27,34)(H,32,35)(H,29,30,31). The van der Waals surface area contributed by atoms with Gasteiger partial charge in [-0.2, -0.15) is 0 Å². The van der Waals surface area contributed by atoms with Gasteiger partial charge in [0.25, 0.3) is 11.8 Å². The van der Waals surface area contributed by atoms with Crippen LogP contribution in [0.4, 0.5) is 17.3 Å². The Morgan fingerprint density at radius 1 is 0.971 bits per heavy atom. The first-order valence-corrected chi connectivity index (χ1v) is 11.5. The zero-order chi connectivity index (χ0) is 24.2. The Kier molecular flexibility index (Phi) is 6.21. The van der Waals surface area contributed by atoms with Crippen LogP contribution in [0.2, 0.25) is 0 Å². The number of pyridine rings is 1. The van der Waals surface area contributed by atoms with Crippen LogP contribution in [0, 0.1) is 0 Å². The smallest absolute Gasteiger partial charge is 0.255 e. The van der Waals surface area contributed by atoms with Crippen molar-refractivity contribution in [2.45, 2.75) is 19.4 Å². The van der Waals surface area contributed by atoms with Crippen molar-refractivity contribution in [1.29, 1.82) is 0 Å². The minimum atomic E-state index is -0.537. The summed E-state index contributed by atoms with van der Waals surface area (Å²) in [5, 5.41) is 6.97. The highest BCUT2D eigenvalue weighted by molar-refractivity contribution is 6.07. The monoisotopic (exact) mass is 467 g/mol. The molecule has 5 rings (SSSR count). The molecule has 2 amide bonds. The van der Waals surface area contributed by atoms with Gasteiger partial charge in [-0.05, 0) is 54.8 Å². The summed E-state index contributed by atoms with van der Waals surface area (Å²) in [6, 6.07) is 16.4. The maximum absolute atomic E-state index is 12.9. The lowest BCUT2D eigenvalue weighted by molar-refractivity contribution is 0.0999. The van der Waals surface area contributed by atoms with Gasteiger partial charge in [-0.3, -0.25) is 9.59 Å². The number of para-hydroxylation sites is 1. The summed E-state index contributed by atoms with van der Waals surface area (Å²) < 4.78 is 0. The number of carbonyl (C=O) groups excluding carboxylic acids is 2. The first kappa shape index (κ1) is 22.3. The Balaban J connectivity index is 1.29. The van der Waals surface area contributed by atoms with Gasteiger partial charge in [-0.25, -0.2) is 15.0 Å². The summed E-state index contributed by atoms with van der Waals surface area (Å²) in [7, 11) is 0. The van der Waals surface area contributed by atoms with E-state index in [1.807, 2.05) is 36.4 Å². The molecule has 2 aromatic heterocycles. The molecule has 35 heavy (non-hydrogen) atoms. The van der Waals surface area contributed by atoms with Crippen molar-refractivity contribution in [2.24, 2.45) is 5.73 Å². The first-order valence-electron chi connectivity index (χ1n) is 11.5. The number of benzene rings is 2. The molecule has 9 nitrogen and oxygen atoms in total. The van der Waals surface area contributed by atoms with E-state index in [0.717, 1.165) is 37.3 Å². The molecule has 0 radical (unpaired) electrons. The largest absolute Gasteiger partial charge is 0.366 e. The molecular formula is C26H25N7O2. The average molecular weight is 468 g/mol. The zero-order valence-electron chi connectivity index (χ0n) is 19.1. The van der Waals surface area contributed by atoms with E-state index in [1.54, 1.807) is 24.4 Å². The van der Waals surface area contributed by atoms with Gasteiger partial charge in [0, 0.05) is 42.5 Å². The molecule has 3 heterocycles. The van der Waals surface area contributed by atoms with Gasteiger partial charge in [-0.1, -0.05) is 18.2 Å². The summed E-state index contributed by atoms with van der Waals surface area (Å²) >= 11 is 0. The number of hydrogen-bond acceptors (Lipinski definition) is 7. The second-order valence-corrected chi connectivity index (χ2v) is 8.39. The Labute approximate surface area is 202 Å². The fourth-order valence-corrected chi connectivity index (χ4v) is 4.25. The first-order chi connectivity index (χ1) is 17.1. The van der Waals surface area contributed by atoms with Gasteiger partial charge in [0.2, 0.25) is 0 Å². The number of nitrogens with two attached hydrogens (primary N) is 1. The third-order valence-electron chi connectivity index (χ3n) is 6.01. The number of rotatable bonds is 7.